The Bertz CT molecular complexity index is 1330. The first-order valence-electron chi connectivity index (χ1n) is 16.1. The van der Waals surface area contributed by atoms with E-state index >= 15 is 0 Å². The number of fused-ring (bicyclic) bond motifs is 7. The summed E-state index contributed by atoms with van der Waals surface area (Å²) in [5.74, 6) is -0.0211. The molecule has 4 fully saturated rings. The highest BCUT2D eigenvalue weighted by atomic mass is 16.5. The molecule has 7 atom stereocenters. The molecule has 0 bridgehead atoms. The maximum atomic E-state index is 14.7. The van der Waals surface area contributed by atoms with Crippen molar-refractivity contribution < 1.29 is 19.1 Å². The van der Waals surface area contributed by atoms with Gasteiger partial charge >= 0.3 is 6.03 Å². The standard InChI is InChI=1S/C35H49N3O4/c1-30(2)10-12-35(37-29(41)38-14-16-42-17-15-38)13-11-34(7)27(23(35)20-30)24(39)18-26-32(5)19-22(21-36)28(40)31(3,4)25(32)8-9-33(26,34)6/h18-19,23,25,27H,8-17,20H2,1-7H3,(H,37,41). The average Bonchev–Trinajstić information content (AvgIpc) is 2.93. The second kappa shape index (κ2) is 9.27. The molecular weight excluding hydrogens is 526 g/mol. The molecule has 0 aromatic heterocycles. The molecule has 0 aromatic rings. The minimum Gasteiger partial charge on any atom is -0.378 e. The van der Waals surface area contributed by atoms with Crippen LogP contribution in [0.1, 0.15) is 93.4 Å². The van der Waals surface area contributed by atoms with Gasteiger partial charge in [-0.1, -0.05) is 60.1 Å². The van der Waals surface area contributed by atoms with Crippen LogP contribution in [0.2, 0.25) is 0 Å². The summed E-state index contributed by atoms with van der Waals surface area (Å²) in [7, 11) is 0. The Kier molecular flexibility index (Phi) is 6.53. The van der Waals surface area contributed by atoms with Crippen molar-refractivity contribution in [1.29, 1.82) is 5.26 Å². The Hall–Kier alpha value is -2.46. The van der Waals surface area contributed by atoms with Crippen molar-refractivity contribution in [2.45, 2.75) is 99.0 Å². The first kappa shape index (κ1) is 29.6. The van der Waals surface area contributed by atoms with Crippen molar-refractivity contribution in [2.24, 2.45) is 44.8 Å². The van der Waals surface area contributed by atoms with Crippen LogP contribution in [0, 0.1) is 56.2 Å². The van der Waals surface area contributed by atoms with Gasteiger partial charge < -0.3 is 15.0 Å². The molecule has 6 rings (SSSR count). The molecule has 0 radical (unpaired) electrons. The van der Waals surface area contributed by atoms with Gasteiger partial charge in [0.25, 0.3) is 0 Å². The topological polar surface area (TPSA) is 99.5 Å². The first-order chi connectivity index (χ1) is 19.5. The summed E-state index contributed by atoms with van der Waals surface area (Å²) in [5, 5.41) is 13.5. The summed E-state index contributed by atoms with van der Waals surface area (Å²) in [6, 6.07) is 2.18. The maximum absolute atomic E-state index is 14.7. The Morgan fingerprint density at radius 1 is 1.00 bits per heavy atom. The predicted octanol–water partition coefficient (Wildman–Crippen LogP) is 6.00. The summed E-state index contributed by atoms with van der Waals surface area (Å²) in [6.07, 6.45) is 10.2. The van der Waals surface area contributed by atoms with Gasteiger partial charge in [-0.05, 0) is 79.1 Å². The van der Waals surface area contributed by atoms with Gasteiger partial charge in [-0.3, -0.25) is 9.59 Å². The SMILES string of the molecule is CC1(C)CCC2(NC(=O)N3CCOCC3)CCC3(C)C(C(=O)C=C4C5(C)C=C(C#N)C(=O)C(C)(C)C5CCC43C)C2C1. The summed E-state index contributed by atoms with van der Waals surface area (Å²) >= 11 is 0. The molecule has 0 aromatic carbocycles. The Morgan fingerprint density at radius 2 is 1.67 bits per heavy atom. The van der Waals surface area contributed by atoms with E-state index in [-0.39, 0.29) is 57.2 Å². The van der Waals surface area contributed by atoms with Crippen molar-refractivity contribution in [2.75, 3.05) is 26.3 Å². The van der Waals surface area contributed by atoms with E-state index in [0.717, 1.165) is 50.5 Å². The molecular formula is C35H49N3O4. The van der Waals surface area contributed by atoms with E-state index in [0.29, 0.717) is 26.3 Å². The molecule has 1 heterocycles. The zero-order valence-corrected chi connectivity index (χ0v) is 26.7. The number of nitrogens with zero attached hydrogens (tertiary/aromatic N) is 2. The smallest absolute Gasteiger partial charge is 0.317 e. The number of nitriles is 1. The minimum atomic E-state index is -0.670. The van der Waals surface area contributed by atoms with Crippen LogP contribution in [0.25, 0.3) is 0 Å². The van der Waals surface area contributed by atoms with Gasteiger partial charge in [0.1, 0.15) is 6.07 Å². The van der Waals surface area contributed by atoms with Crippen molar-refractivity contribution in [3.63, 3.8) is 0 Å². The molecule has 0 spiro atoms. The van der Waals surface area contributed by atoms with Crippen LogP contribution < -0.4 is 5.32 Å². The number of allylic oxidation sites excluding steroid dienone is 4. The van der Waals surface area contributed by atoms with E-state index in [4.69, 9.17) is 4.74 Å². The number of nitrogens with one attached hydrogen (secondary N) is 1. The first-order valence-corrected chi connectivity index (χ1v) is 16.1. The lowest BCUT2D eigenvalue weighted by Gasteiger charge is -2.69. The largest absolute Gasteiger partial charge is 0.378 e. The number of morpholine rings is 1. The molecule has 7 nitrogen and oxygen atoms in total. The van der Waals surface area contributed by atoms with E-state index < -0.39 is 16.4 Å². The third-order valence-corrected chi connectivity index (χ3v) is 13.5. The van der Waals surface area contributed by atoms with E-state index in [1.54, 1.807) is 0 Å². The number of carbonyl (C=O) groups is 3. The minimum absolute atomic E-state index is 0.0198. The second-order valence-electron chi connectivity index (χ2n) is 16.4. The van der Waals surface area contributed by atoms with Gasteiger partial charge in [-0.15, -0.1) is 0 Å². The normalized spacial score (nSPS) is 43.9. The summed E-state index contributed by atoms with van der Waals surface area (Å²) < 4.78 is 5.50. The molecule has 2 amide bonds. The summed E-state index contributed by atoms with van der Waals surface area (Å²) in [6.45, 7) is 17.8. The third-order valence-electron chi connectivity index (χ3n) is 13.5. The molecule has 7 heteroatoms. The van der Waals surface area contributed by atoms with Crippen LogP contribution in [0.5, 0.6) is 0 Å². The highest BCUT2D eigenvalue weighted by molar-refractivity contribution is 6.04. The van der Waals surface area contributed by atoms with E-state index in [2.05, 4.69) is 46.0 Å². The number of rotatable bonds is 1. The second-order valence-corrected chi connectivity index (χ2v) is 16.4. The van der Waals surface area contributed by atoms with Gasteiger partial charge in [0.05, 0.1) is 18.8 Å². The van der Waals surface area contributed by atoms with Gasteiger partial charge in [-0.2, -0.15) is 5.26 Å². The van der Waals surface area contributed by atoms with Crippen LogP contribution in [-0.2, 0) is 14.3 Å². The molecule has 1 aliphatic heterocycles. The molecule has 228 valence electrons. The maximum Gasteiger partial charge on any atom is 0.317 e. The van der Waals surface area contributed by atoms with Crippen LogP contribution in [0.3, 0.4) is 0 Å². The van der Waals surface area contributed by atoms with Crippen LogP contribution in [-0.4, -0.2) is 54.3 Å². The average molecular weight is 576 g/mol. The van der Waals surface area contributed by atoms with Crippen LogP contribution in [0.15, 0.2) is 23.3 Å². The van der Waals surface area contributed by atoms with Crippen molar-refractivity contribution in [3.05, 3.63) is 23.3 Å². The molecule has 1 saturated heterocycles. The highest BCUT2D eigenvalue weighted by Crippen LogP contribution is 2.73. The van der Waals surface area contributed by atoms with Gasteiger partial charge in [0.15, 0.2) is 11.6 Å². The number of amides is 2. The molecule has 7 unspecified atom stereocenters. The zero-order chi connectivity index (χ0) is 30.5. The van der Waals surface area contributed by atoms with E-state index in [1.165, 1.54) is 0 Å². The van der Waals surface area contributed by atoms with E-state index in [1.807, 2.05) is 30.9 Å². The van der Waals surface area contributed by atoms with Crippen LogP contribution >= 0.6 is 0 Å². The van der Waals surface area contributed by atoms with Crippen molar-refractivity contribution in [1.82, 2.24) is 10.2 Å². The number of Topliss-reactive ketones (excluding diaryl/α,β-unsaturated/α-hetero) is 1. The third kappa shape index (κ3) is 3.89. The summed E-state index contributed by atoms with van der Waals surface area (Å²) in [4.78, 5) is 43.5. The number of hydrogen-bond acceptors (Lipinski definition) is 5. The fourth-order valence-electron chi connectivity index (χ4n) is 10.9. The monoisotopic (exact) mass is 575 g/mol. The Balaban J connectivity index is 1.45. The van der Waals surface area contributed by atoms with Crippen molar-refractivity contribution in [3.8, 4) is 6.07 Å². The molecule has 42 heavy (non-hydrogen) atoms. The predicted molar refractivity (Wildman–Crippen MR) is 160 cm³/mol. The van der Waals surface area contributed by atoms with Gasteiger partial charge in [0.2, 0.25) is 0 Å². The fourth-order valence-corrected chi connectivity index (χ4v) is 10.9. The van der Waals surface area contributed by atoms with E-state index in [9.17, 15) is 19.6 Å². The number of hydrogen-bond donors (Lipinski definition) is 1. The number of ether oxygens (including phenoxy) is 1. The fraction of sp³-hybridized carbons (Fsp3) is 0.771. The van der Waals surface area contributed by atoms with Crippen molar-refractivity contribution >= 4 is 17.6 Å². The Morgan fingerprint density at radius 3 is 2.33 bits per heavy atom. The van der Waals surface area contributed by atoms with Gasteiger partial charge in [0, 0.05) is 35.4 Å². The Labute approximate surface area is 251 Å². The lowest BCUT2D eigenvalue weighted by molar-refractivity contribution is -0.160. The molecule has 1 N–H and O–H groups in total. The van der Waals surface area contributed by atoms with Crippen LogP contribution in [0.4, 0.5) is 4.79 Å². The number of carbonyl (C=O) groups excluding carboxylic acids is 3. The molecule has 6 aliphatic rings. The lowest BCUT2D eigenvalue weighted by Crippen LogP contribution is -2.70. The quantitative estimate of drug-likeness (QED) is 0.413. The summed E-state index contributed by atoms with van der Waals surface area (Å²) in [5.41, 5.74) is -0.731. The van der Waals surface area contributed by atoms with Gasteiger partial charge in [-0.25, -0.2) is 4.79 Å². The molecule has 5 aliphatic carbocycles. The zero-order valence-electron chi connectivity index (χ0n) is 26.7. The number of urea groups is 1. The number of ketones is 2. The highest BCUT2D eigenvalue weighted by Gasteiger charge is 2.70. The lowest BCUT2D eigenvalue weighted by atomic mass is 9.35. The molecule has 3 saturated carbocycles.